The number of pyridine rings is 1. The van der Waals surface area contributed by atoms with E-state index in [1.165, 1.54) is 6.07 Å². The third-order valence-electron chi connectivity index (χ3n) is 3.93. The van der Waals surface area contributed by atoms with Gasteiger partial charge in [0.25, 0.3) is 0 Å². The zero-order valence-corrected chi connectivity index (χ0v) is 15.9. The Hall–Kier alpha value is -3.07. The van der Waals surface area contributed by atoms with Crippen molar-refractivity contribution in [2.75, 3.05) is 13.2 Å². The molecule has 2 N–H and O–H groups in total. The molecule has 1 heterocycles. The number of rotatable bonds is 11. The lowest BCUT2D eigenvalue weighted by molar-refractivity contribution is -0.131. The summed E-state index contributed by atoms with van der Waals surface area (Å²) in [6.07, 6.45) is 3.73. The third kappa shape index (κ3) is 7.82. The Labute approximate surface area is 167 Å². The summed E-state index contributed by atoms with van der Waals surface area (Å²) in [5.41, 5.74) is 1.28. The highest BCUT2D eigenvalue weighted by atomic mass is 19.3. The maximum atomic E-state index is 12.6. The predicted molar refractivity (Wildman–Crippen MR) is 101 cm³/mol. The molecular formula is C20H23F2N3O4. The highest BCUT2D eigenvalue weighted by Crippen LogP contribution is 2.28. The summed E-state index contributed by atoms with van der Waals surface area (Å²) >= 11 is 0. The van der Waals surface area contributed by atoms with Gasteiger partial charge in [0.15, 0.2) is 0 Å². The minimum atomic E-state index is -2.96. The second-order valence-electron chi connectivity index (χ2n) is 6.08. The number of para-hydroxylation sites is 1. The van der Waals surface area contributed by atoms with Crippen LogP contribution in [0.25, 0.3) is 0 Å². The summed E-state index contributed by atoms with van der Waals surface area (Å²) in [6.45, 7) is -1.47. The molecule has 1 aromatic carbocycles. The Morgan fingerprint density at radius 3 is 2.55 bits per heavy atom. The van der Waals surface area contributed by atoms with Crippen LogP contribution in [-0.2, 0) is 20.9 Å². The number of benzene rings is 1. The van der Waals surface area contributed by atoms with Crippen LogP contribution in [0.15, 0.2) is 48.8 Å². The van der Waals surface area contributed by atoms with Gasteiger partial charge in [-0.2, -0.15) is 8.78 Å². The Bertz CT molecular complexity index is 790. The molecule has 2 amide bonds. The molecule has 9 heteroatoms. The minimum Gasteiger partial charge on any atom is -0.434 e. The normalized spacial score (nSPS) is 11.7. The fourth-order valence-corrected chi connectivity index (χ4v) is 2.60. The first-order valence-corrected chi connectivity index (χ1v) is 9.06. The summed E-state index contributed by atoms with van der Waals surface area (Å²) in [4.78, 5) is 27.8. The fraction of sp³-hybridized carbons (Fsp3) is 0.350. The van der Waals surface area contributed by atoms with Crippen LogP contribution in [0.2, 0.25) is 0 Å². The predicted octanol–water partition coefficient (Wildman–Crippen LogP) is 2.58. The van der Waals surface area contributed by atoms with Crippen LogP contribution in [0.1, 0.15) is 30.5 Å². The van der Waals surface area contributed by atoms with E-state index in [2.05, 4.69) is 20.4 Å². The number of nitrogens with one attached hydrogen (secondary N) is 2. The molecule has 0 aliphatic rings. The Morgan fingerprint density at radius 2 is 1.86 bits per heavy atom. The van der Waals surface area contributed by atoms with Gasteiger partial charge in [0, 0.05) is 24.5 Å². The van der Waals surface area contributed by atoms with Crippen molar-refractivity contribution in [2.45, 2.75) is 32.5 Å². The van der Waals surface area contributed by atoms with Gasteiger partial charge in [-0.15, -0.1) is 0 Å². The highest BCUT2D eigenvalue weighted by Gasteiger charge is 2.19. The third-order valence-corrected chi connectivity index (χ3v) is 3.93. The zero-order chi connectivity index (χ0) is 21.1. The topological polar surface area (TPSA) is 89.5 Å². The Kier molecular flexibility index (Phi) is 8.97. The van der Waals surface area contributed by atoms with Gasteiger partial charge in [-0.1, -0.05) is 31.2 Å². The average molecular weight is 407 g/mol. The van der Waals surface area contributed by atoms with E-state index in [9.17, 15) is 18.4 Å². The van der Waals surface area contributed by atoms with Crippen LogP contribution in [0.4, 0.5) is 8.78 Å². The summed E-state index contributed by atoms with van der Waals surface area (Å²) < 4.78 is 34.8. The lowest BCUT2D eigenvalue weighted by Crippen LogP contribution is -2.34. The van der Waals surface area contributed by atoms with Gasteiger partial charge >= 0.3 is 6.61 Å². The number of nitrogens with zero attached hydrogens (tertiary/aromatic N) is 1. The van der Waals surface area contributed by atoms with Gasteiger partial charge in [0.2, 0.25) is 11.8 Å². The van der Waals surface area contributed by atoms with Gasteiger partial charge in [-0.05, 0) is 24.1 Å². The molecule has 156 valence electrons. The van der Waals surface area contributed by atoms with E-state index in [0.29, 0.717) is 18.5 Å². The molecule has 29 heavy (non-hydrogen) atoms. The number of carbonyl (C=O) groups is 2. The van der Waals surface area contributed by atoms with E-state index in [0.717, 1.165) is 5.56 Å². The van der Waals surface area contributed by atoms with Crippen molar-refractivity contribution < 1.29 is 27.8 Å². The van der Waals surface area contributed by atoms with Crippen LogP contribution >= 0.6 is 0 Å². The molecule has 2 rings (SSSR count). The summed E-state index contributed by atoms with van der Waals surface area (Å²) in [7, 11) is 0. The van der Waals surface area contributed by atoms with E-state index >= 15 is 0 Å². The summed E-state index contributed by atoms with van der Waals surface area (Å²) in [5.74, 6) is -0.835. The van der Waals surface area contributed by atoms with E-state index in [-0.39, 0.29) is 24.9 Å². The average Bonchev–Trinajstić information content (AvgIpc) is 2.71. The van der Waals surface area contributed by atoms with Crippen molar-refractivity contribution in [1.29, 1.82) is 0 Å². The molecular weight excluding hydrogens is 384 g/mol. The second-order valence-corrected chi connectivity index (χ2v) is 6.08. The number of amides is 2. The molecule has 0 saturated carbocycles. The van der Waals surface area contributed by atoms with Crippen LogP contribution < -0.4 is 15.4 Å². The van der Waals surface area contributed by atoms with Gasteiger partial charge in [0.1, 0.15) is 19.0 Å². The Balaban J connectivity index is 1.78. The highest BCUT2D eigenvalue weighted by molar-refractivity contribution is 5.79. The van der Waals surface area contributed by atoms with Gasteiger partial charge in [-0.3, -0.25) is 14.6 Å². The lowest BCUT2D eigenvalue weighted by atomic mass is 10.0. The van der Waals surface area contributed by atoms with Crippen LogP contribution in [-0.4, -0.2) is 36.6 Å². The molecule has 0 radical (unpaired) electrons. The molecule has 1 aromatic heterocycles. The Morgan fingerprint density at radius 1 is 1.10 bits per heavy atom. The number of hydrogen-bond donors (Lipinski definition) is 2. The second kappa shape index (κ2) is 11.7. The van der Waals surface area contributed by atoms with E-state index in [1.807, 2.05) is 6.07 Å². The van der Waals surface area contributed by atoms with Crippen molar-refractivity contribution >= 4 is 11.8 Å². The molecule has 1 unspecified atom stereocenters. The number of aromatic nitrogens is 1. The number of ether oxygens (including phenoxy) is 2. The van der Waals surface area contributed by atoms with Crippen molar-refractivity contribution in [3.8, 4) is 5.75 Å². The first kappa shape index (κ1) is 22.2. The van der Waals surface area contributed by atoms with E-state index < -0.39 is 18.6 Å². The lowest BCUT2D eigenvalue weighted by Gasteiger charge is -2.20. The van der Waals surface area contributed by atoms with Crippen LogP contribution in [0.3, 0.4) is 0 Å². The number of alkyl halides is 2. The standard InChI is InChI=1S/C20H23F2N3O4/c1-2-16(15-7-3-4-8-17(15)29-20(21)22)25-19(27)13-28-12-18(26)24-11-14-6-5-9-23-10-14/h3-10,16,20H,2,11-13H2,1H3,(H,24,26)(H,25,27). The first-order chi connectivity index (χ1) is 14.0. The molecule has 0 spiro atoms. The zero-order valence-electron chi connectivity index (χ0n) is 15.9. The molecule has 7 nitrogen and oxygen atoms in total. The SMILES string of the molecule is CCC(NC(=O)COCC(=O)NCc1cccnc1)c1ccccc1OC(F)F. The molecule has 0 fully saturated rings. The fourth-order valence-electron chi connectivity index (χ4n) is 2.60. The van der Waals surface area contributed by atoms with Gasteiger partial charge in [-0.25, -0.2) is 0 Å². The molecule has 1 atom stereocenters. The van der Waals surface area contributed by atoms with E-state index in [1.54, 1.807) is 43.6 Å². The van der Waals surface area contributed by atoms with Crippen molar-refractivity contribution in [3.05, 3.63) is 59.9 Å². The summed E-state index contributed by atoms with van der Waals surface area (Å²) in [5, 5.41) is 5.35. The summed E-state index contributed by atoms with van der Waals surface area (Å²) in [6, 6.07) is 9.33. The molecule has 0 bridgehead atoms. The van der Waals surface area contributed by atoms with Crippen molar-refractivity contribution in [1.82, 2.24) is 15.6 Å². The first-order valence-electron chi connectivity index (χ1n) is 9.06. The molecule has 0 saturated heterocycles. The van der Waals surface area contributed by atoms with Gasteiger partial charge < -0.3 is 20.1 Å². The molecule has 0 aliphatic carbocycles. The maximum Gasteiger partial charge on any atom is 0.387 e. The largest absolute Gasteiger partial charge is 0.434 e. The number of hydrogen-bond acceptors (Lipinski definition) is 5. The van der Waals surface area contributed by atoms with Crippen molar-refractivity contribution in [3.63, 3.8) is 0 Å². The molecule has 0 aliphatic heterocycles. The smallest absolute Gasteiger partial charge is 0.387 e. The number of halogens is 2. The monoisotopic (exact) mass is 407 g/mol. The van der Waals surface area contributed by atoms with Gasteiger partial charge in [0.05, 0.1) is 6.04 Å². The van der Waals surface area contributed by atoms with E-state index in [4.69, 9.17) is 4.74 Å². The number of carbonyl (C=O) groups excluding carboxylic acids is 2. The van der Waals surface area contributed by atoms with Crippen molar-refractivity contribution in [2.24, 2.45) is 0 Å². The van der Waals surface area contributed by atoms with Crippen LogP contribution in [0.5, 0.6) is 5.75 Å². The quantitative estimate of drug-likeness (QED) is 0.598. The maximum absolute atomic E-state index is 12.6. The molecule has 2 aromatic rings. The van der Waals surface area contributed by atoms with Crippen LogP contribution in [0, 0.1) is 0 Å². The minimum absolute atomic E-state index is 0.00495.